The molecule has 1 aromatic heterocycles. The molecule has 0 saturated heterocycles. The van der Waals surface area contributed by atoms with Crippen LogP contribution in [0.25, 0.3) is 16.7 Å². The molecule has 19 heavy (non-hydrogen) atoms. The molecule has 0 aliphatic heterocycles. The van der Waals surface area contributed by atoms with E-state index >= 15 is 0 Å². The van der Waals surface area contributed by atoms with E-state index in [-0.39, 0.29) is 5.69 Å². The summed E-state index contributed by atoms with van der Waals surface area (Å²) in [4.78, 5) is 14.4. The highest BCUT2D eigenvalue weighted by molar-refractivity contribution is 5.79. The second kappa shape index (κ2) is 4.89. The number of nitro groups is 1. The highest BCUT2D eigenvalue weighted by Gasteiger charge is 2.12. The van der Waals surface area contributed by atoms with Gasteiger partial charge in [-0.05, 0) is 19.1 Å². The Labute approximate surface area is 109 Å². The average molecular weight is 256 g/mol. The molecule has 96 valence electrons. The van der Waals surface area contributed by atoms with Crippen molar-refractivity contribution in [2.75, 3.05) is 0 Å². The summed E-state index contributed by atoms with van der Waals surface area (Å²) >= 11 is 0. The van der Waals surface area contributed by atoms with Crippen LogP contribution in [0.1, 0.15) is 12.8 Å². The quantitative estimate of drug-likeness (QED) is 0.473. The fourth-order valence-electron chi connectivity index (χ4n) is 1.48. The number of aromatic nitrogens is 1. The topological polar surface area (TPSA) is 69.2 Å². The summed E-state index contributed by atoms with van der Waals surface area (Å²) < 4.78 is 5.46. The molecule has 0 atom stereocenters. The lowest BCUT2D eigenvalue weighted by molar-refractivity contribution is -0.384. The molecule has 1 heterocycles. The Morgan fingerprint density at radius 1 is 1.42 bits per heavy atom. The van der Waals surface area contributed by atoms with Gasteiger partial charge in [-0.2, -0.15) is 0 Å². The molecule has 2 aromatic rings. The second-order valence-electron chi connectivity index (χ2n) is 4.13. The molecule has 0 unspecified atom stereocenters. The zero-order valence-electron chi connectivity index (χ0n) is 10.4. The van der Waals surface area contributed by atoms with Crippen LogP contribution in [-0.4, -0.2) is 9.91 Å². The summed E-state index contributed by atoms with van der Waals surface area (Å²) in [5, 5.41) is 10.7. The lowest BCUT2D eigenvalue weighted by Crippen LogP contribution is -1.86. The molecule has 0 radical (unpaired) electrons. The summed E-state index contributed by atoms with van der Waals surface area (Å²) in [5.41, 5.74) is 2.37. The SMILES string of the molecule is C=C(C)/C=C\C(=C)c1nc2ccc([N+](=O)[O-])cc2o1. The summed E-state index contributed by atoms with van der Waals surface area (Å²) in [5.74, 6) is 0.341. The van der Waals surface area contributed by atoms with Gasteiger partial charge in [0.15, 0.2) is 5.58 Å². The van der Waals surface area contributed by atoms with Crippen molar-refractivity contribution in [1.82, 2.24) is 4.98 Å². The van der Waals surface area contributed by atoms with E-state index < -0.39 is 4.92 Å². The molecular weight excluding hydrogens is 244 g/mol. The Hall–Kier alpha value is -2.69. The average Bonchev–Trinajstić information content (AvgIpc) is 2.78. The van der Waals surface area contributed by atoms with Crippen molar-refractivity contribution in [3.8, 4) is 0 Å². The first-order chi connectivity index (χ1) is 8.97. The third-order valence-corrected chi connectivity index (χ3v) is 2.43. The summed E-state index contributed by atoms with van der Waals surface area (Å²) in [6.07, 6.45) is 3.53. The summed E-state index contributed by atoms with van der Waals surface area (Å²) in [6, 6.07) is 4.29. The fourth-order valence-corrected chi connectivity index (χ4v) is 1.48. The van der Waals surface area contributed by atoms with Gasteiger partial charge in [-0.25, -0.2) is 4.98 Å². The molecule has 0 fully saturated rings. The van der Waals surface area contributed by atoms with Gasteiger partial charge in [0.25, 0.3) is 5.69 Å². The first-order valence-electron chi connectivity index (χ1n) is 5.55. The first kappa shape index (κ1) is 12.8. The van der Waals surface area contributed by atoms with Crippen LogP contribution < -0.4 is 0 Å². The highest BCUT2D eigenvalue weighted by atomic mass is 16.6. The number of nitro benzene ring substituents is 1. The maximum Gasteiger partial charge on any atom is 0.273 e. The van der Waals surface area contributed by atoms with Crippen LogP contribution in [0.5, 0.6) is 0 Å². The van der Waals surface area contributed by atoms with Crippen LogP contribution in [0.4, 0.5) is 5.69 Å². The van der Waals surface area contributed by atoms with Gasteiger partial charge in [0.2, 0.25) is 5.89 Å². The number of rotatable bonds is 4. The first-order valence-corrected chi connectivity index (χ1v) is 5.55. The van der Waals surface area contributed by atoms with Gasteiger partial charge >= 0.3 is 0 Å². The largest absolute Gasteiger partial charge is 0.436 e. The van der Waals surface area contributed by atoms with E-state index in [0.29, 0.717) is 22.6 Å². The summed E-state index contributed by atoms with van der Waals surface area (Å²) in [6.45, 7) is 9.43. The number of non-ortho nitro benzene ring substituents is 1. The van der Waals surface area contributed by atoms with E-state index in [4.69, 9.17) is 4.42 Å². The van der Waals surface area contributed by atoms with E-state index in [2.05, 4.69) is 18.1 Å². The van der Waals surface area contributed by atoms with E-state index in [1.807, 2.05) is 6.92 Å². The Morgan fingerprint density at radius 3 is 2.79 bits per heavy atom. The lowest BCUT2D eigenvalue weighted by atomic mass is 10.2. The normalized spacial score (nSPS) is 11.0. The Kier molecular flexibility index (Phi) is 3.29. The number of nitrogens with zero attached hydrogens (tertiary/aromatic N) is 2. The predicted molar refractivity (Wildman–Crippen MR) is 73.7 cm³/mol. The fraction of sp³-hybridized carbons (Fsp3) is 0.0714. The highest BCUT2D eigenvalue weighted by Crippen LogP contribution is 2.24. The molecule has 5 heteroatoms. The van der Waals surface area contributed by atoms with Crippen molar-refractivity contribution in [2.45, 2.75) is 6.92 Å². The van der Waals surface area contributed by atoms with Crippen molar-refractivity contribution in [1.29, 1.82) is 0 Å². The van der Waals surface area contributed by atoms with Gasteiger partial charge in [0, 0.05) is 11.6 Å². The van der Waals surface area contributed by atoms with Crippen molar-refractivity contribution in [3.05, 3.63) is 65.1 Å². The minimum atomic E-state index is -0.475. The zero-order chi connectivity index (χ0) is 14.0. The summed E-state index contributed by atoms with van der Waals surface area (Å²) in [7, 11) is 0. The maximum atomic E-state index is 10.7. The minimum Gasteiger partial charge on any atom is -0.436 e. The molecule has 0 N–H and O–H groups in total. The molecule has 0 aliphatic rings. The van der Waals surface area contributed by atoms with Crippen LogP contribution in [0.2, 0.25) is 0 Å². The van der Waals surface area contributed by atoms with Crippen molar-refractivity contribution < 1.29 is 9.34 Å². The monoisotopic (exact) mass is 256 g/mol. The number of hydrogen-bond acceptors (Lipinski definition) is 4. The number of fused-ring (bicyclic) bond motifs is 1. The van der Waals surface area contributed by atoms with Gasteiger partial charge in [-0.1, -0.05) is 24.8 Å². The second-order valence-corrected chi connectivity index (χ2v) is 4.13. The minimum absolute atomic E-state index is 0.0294. The standard InChI is InChI=1S/C14H12N2O3/c1-9(2)4-5-10(3)14-15-12-7-6-11(16(17)18)8-13(12)19-14/h4-8H,1,3H2,2H3/b5-4-. The molecule has 0 saturated carbocycles. The zero-order valence-corrected chi connectivity index (χ0v) is 10.4. The van der Waals surface area contributed by atoms with Gasteiger partial charge in [0.1, 0.15) is 5.52 Å². The van der Waals surface area contributed by atoms with Crippen LogP contribution in [0.3, 0.4) is 0 Å². The molecule has 1 aromatic carbocycles. The van der Waals surface area contributed by atoms with E-state index in [1.54, 1.807) is 18.2 Å². The number of hydrogen-bond donors (Lipinski definition) is 0. The molecule has 0 spiro atoms. The molecular formula is C14H12N2O3. The molecule has 0 aliphatic carbocycles. The third-order valence-electron chi connectivity index (χ3n) is 2.43. The van der Waals surface area contributed by atoms with Gasteiger partial charge < -0.3 is 4.42 Å². The Morgan fingerprint density at radius 2 is 2.16 bits per heavy atom. The number of benzene rings is 1. The van der Waals surface area contributed by atoms with Crippen LogP contribution in [0, 0.1) is 10.1 Å². The maximum absolute atomic E-state index is 10.7. The molecule has 0 amide bonds. The molecule has 0 bridgehead atoms. The Bertz CT molecular complexity index is 711. The van der Waals surface area contributed by atoms with Crippen molar-refractivity contribution in [3.63, 3.8) is 0 Å². The van der Waals surface area contributed by atoms with Crippen LogP contribution in [0.15, 0.2) is 53.5 Å². The predicted octanol–water partition coefficient (Wildman–Crippen LogP) is 3.88. The van der Waals surface area contributed by atoms with E-state index in [1.165, 1.54) is 12.1 Å². The smallest absolute Gasteiger partial charge is 0.273 e. The number of oxazole rings is 1. The van der Waals surface area contributed by atoms with E-state index in [9.17, 15) is 10.1 Å². The van der Waals surface area contributed by atoms with Crippen molar-refractivity contribution >= 4 is 22.4 Å². The third kappa shape index (κ3) is 2.77. The van der Waals surface area contributed by atoms with E-state index in [0.717, 1.165) is 5.57 Å². The van der Waals surface area contributed by atoms with Crippen molar-refractivity contribution in [2.24, 2.45) is 0 Å². The van der Waals surface area contributed by atoms with Crippen LogP contribution in [-0.2, 0) is 0 Å². The lowest BCUT2D eigenvalue weighted by Gasteiger charge is -1.91. The number of allylic oxidation sites excluding steroid dienone is 4. The van der Waals surface area contributed by atoms with Crippen LogP contribution >= 0.6 is 0 Å². The molecule has 2 rings (SSSR count). The van der Waals surface area contributed by atoms with Gasteiger partial charge in [-0.3, -0.25) is 10.1 Å². The van der Waals surface area contributed by atoms with Gasteiger partial charge in [-0.15, -0.1) is 0 Å². The Balaban J connectivity index is 2.39. The van der Waals surface area contributed by atoms with Gasteiger partial charge in [0.05, 0.1) is 11.0 Å². The molecule has 5 nitrogen and oxygen atoms in total.